The molecule has 2 aromatic rings. The Labute approximate surface area is 96.0 Å². The van der Waals surface area contributed by atoms with Gasteiger partial charge < -0.3 is 5.11 Å². The van der Waals surface area contributed by atoms with Gasteiger partial charge in [-0.2, -0.15) is 0 Å². The first-order valence-electron chi connectivity index (χ1n) is 4.67. The molecule has 1 N–H and O–H groups in total. The number of halogens is 1. The van der Waals surface area contributed by atoms with Gasteiger partial charge in [-0.25, -0.2) is 9.18 Å². The third-order valence-electron chi connectivity index (χ3n) is 2.34. The summed E-state index contributed by atoms with van der Waals surface area (Å²) in [7, 11) is 0. The summed E-state index contributed by atoms with van der Waals surface area (Å²) >= 11 is 1.40. The monoisotopic (exact) mass is 236 g/mol. The van der Waals surface area contributed by atoms with E-state index in [2.05, 4.69) is 0 Å². The molecule has 2 rings (SSSR count). The van der Waals surface area contributed by atoms with Gasteiger partial charge in [-0.3, -0.25) is 0 Å². The van der Waals surface area contributed by atoms with Crippen LogP contribution < -0.4 is 0 Å². The van der Waals surface area contributed by atoms with Crippen LogP contribution in [-0.2, 0) is 0 Å². The fourth-order valence-corrected chi connectivity index (χ4v) is 2.47. The Morgan fingerprint density at radius 3 is 2.69 bits per heavy atom. The zero-order chi connectivity index (χ0) is 11.7. The molecular formula is C12H9FO2S. The molecule has 0 saturated carbocycles. The SMILES string of the molecule is Cc1ccsc1-c1cccc(C(=O)O)c1F. The van der Waals surface area contributed by atoms with Crippen molar-refractivity contribution >= 4 is 17.3 Å². The summed E-state index contributed by atoms with van der Waals surface area (Å²) in [5.74, 6) is -1.91. The maximum absolute atomic E-state index is 13.9. The predicted molar refractivity (Wildman–Crippen MR) is 61.4 cm³/mol. The van der Waals surface area contributed by atoms with Gasteiger partial charge in [-0.1, -0.05) is 12.1 Å². The molecule has 0 amide bonds. The summed E-state index contributed by atoms with van der Waals surface area (Å²) in [5.41, 5.74) is 1.02. The minimum Gasteiger partial charge on any atom is -0.478 e. The van der Waals surface area contributed by atoms with E-state index in [1.54, 1.807) is 12.1 Å². The molecule has 1 aromatic carbocycles. The molecule has 16 heavy (non-hydrogen) atoms. The Morgan fingerprint density at radius 2 is 2.12 bits per heavy atom. The predicted octanol–water partition coefficient (Wildman–Crippen LogP) is 3.56. The number of thiophene rings is 1. The van der Waals surface area contributed by atoms with Crippen molar-refractivity contribution < 1.29 is 14.3 Å². The number of hydrogen-bond acceptors (Lipinski definition) is 2. The highest BCUT2D eigenvalue weighted by molar-refractivity contribution is 7.13. The van der Waals surface area contributed by atoms with Gasteiger partial charge in [-0.05, 0) is 30.0 Å². The number of aryl methyl sites for hydroxylation is 1. The molecule has 0 fully saturated rings. The van der Waals surface area contributed by atoms with Crippen molar-refractivity contribution in [1.82, 2.24) is 0 Å². The molecule has 1 heterocycles. The maximum Gasteiger partial charge on any atom is 0.338 e. The molecule has 0 atom stereocenters. The second-order valence-electron chi connectivity index (χ2n) is 3.41. The highest BCUT2D eigenvalue weighted by Gasteiger charge is 2.16. The smallest absolute Gasteiger partial charge is 0.338 e. The largest absolute Gasteiger partial charge is 0.478 e. The van der Waals surface area contributed by atoms with Gasteiger partial charge in [0.05, 0.1) is 5.56 Å². The molecule has 4 heteroatoms. The number of aromatic carboxylic acids is 1. The zero-order valence-corrected chi connectivity index (χ0v) is 9.34. The molecule has 0 spiro atoms. The first kappa shape index (κ1) is 10.8. The Balaban J connectivity index is 2.63. The van der Waals surface area contributed by atoms with E-state index in [9.17, 15) is 9.18 Å². The van der Waals surface area contributed by atoms with Crippen molar-refractivity contribution in [3.63, 3.8) is 0 Å². The molecule has 0 saturated heterocycles. The van der Waals surface area contributed by atoms with Crippen LogP contribution in [0.1, 0.15) is 15.9 Å². The van der Waals surface area contributed by atoms with Crippen LogP contribution in [-0.4, -0.2) is 11.1 Å². The number of benzene rings is 1. The first-order chi connectivity index (χ1) is 7.61. The van der Waals surface area contributed by atoms with E-state index in [1.165, 1.54) is 17.4 Å². The van der Waals surface area contributed by atoms with Gasteiger partial charge in [0.15, 0.2) is 0 Å². The van der Waals surface area contributed by atoms with Crippen molar-refractivity contribution in [2.45, 2.75) is 6.92 Å². The molecule has 2 nitrogen and oxygen atoms in total. The molecule has 0 unspecified atom stereocenters. The minimum absolute atomic E-state index is 0.287. The summed E-state index contributed by atoms with van der Waals surface area (Å²) in [6, 6.07) is 6.30. The van der Waals surface area contributed by atoms with Crippen molar-refractivity contribution in [1.29, 1.82) is 0 Å². The van der Waals surface area contributed by atoms with Crippen LogP contribution in [0.4, 0.5) is 4.39 Å². The number of rotatable bonds is 2. The molecule has 0 aliphatic carbocycles. The number of carboxylic acids is 1. The lowest BCUT2D eigenvalue weighted by molar-refractivity contribution is 0.0692. The summed E-state index contributed by atoms with van der Waals surface area (Å²) in [4.78, 5) is 11.6. The standard InChI is InChI=1S/C12H9FO2S/c1-7-5-6-16-11(7)8-3-2-4-9(10(8)13)12(14)15/h2-6H,1H3,(H,14,15). The first-order valence-corrected chi connectivity index (χ1v) is 5.55. The van der Waals surface area contributed by atoms with E-state index in [0.29, 0.717) is 5.56 Å². The lowest BCUT2D eigenvalue weighted by atomic mass is 10.1. The summed E-state index contributed by atoms with van der Waals surface area (Å²) in [5, 5.41) is 10.7. The highest BCUT2D eigenvalue weighted by atomic mass is 32.1. The van der Waals surface area contributed by atoms with Crippen LogP contribution in [0, 0.1) is 12.7 Å². The van der Waals surface area contributed by atoms with Crippen LogP contribution in [0.5, 0.6) is 0 Å². The van der Waals surface area contributed by atoms with Gasteiger partial charge in [0.1, 0.15) is 5.82 Å². The van der Waals surface area contributed by atoms with E-state index < -0.39 is 11.8 Å². The van der Waals surface area contributed by atoms with Crippen molar-refractivity contribution in [2.24, 2.45) is 0 Å². The van der Waals surface area contributed by atoms with Crippen LogP contribution in [0.3, 0.4) is 0 Å². The van der Waals surface area contributed by atoms with E-state index in [1.807, 2.05) is 18.4 Å². The molecule has 0 radical (unpaired) electrons. The van der Waals surface area contributed by atoms with Gasteiger partial charge in [-0.15, -0.1) is 11.3 Å². The average molecular weight is 236 g/mol. The third kappa shape index (κ3) is 1.72. The summed E-state index contributed by atoms with van der Waals surface area (Å²) in [6.07, 6.45) is 0. The molecule has 0 bridgehead atoms. The van der Waals surface area contributed by atoms with Crippen molar-refractivity contribution in [2.75, 3.05) is 0 Å². The second-order valence-corrected chi connectivity index (χ2v) is 4.32. The third-order valence-corrected chi connectivity index (χ3v) is 3.39. The highest BCUT2D eigenvalue weighted by Crippen LogP contribution is 2.32. The van der Waals surface area contributed by atoms with Gasteiger partial charge >= 0.3 is 5.97 Å². The van der Waals surface area contributed by atoms with Crippen LogP contribution >= 0.6 is 11.3 Å². The van der Waals surface area contributed by atoms with Crippen LogP contribution in [0.15, 0.2) is 29.6 Å². The van der Waals surface area contributed by atoms with Gasteiger partial charge in [0, 0.05) is 10.4 Å². The minimum atomic E-state index is -1.24. The molecule has 0 aliphatic rings. The normalized spacial score (nSPS) is 10.4. The molecule has 1 aromatic heterocycles. The van der Waals surface area contributed by atoms with Gasteiger partial charge in [0.2, 0.25) is 0 Å². The van der Waals surface area contributed by atoms with Gasteiger partial charge in [0.25, 0.3) is 0 Å². The Kier molecular flexibility index (Phi) is 2.75. The lowest BCUT2D eigenvalue weighted by Gasteiger charge is -2.04. The molecular weight excluding hydrogens is 227 g/mol. The van der Waals surface area contributed by atoms with Crippen LogP contribution in [0.2, 0.25) is 0 Å². The summed E-state index contributed by atoms with van der Waals surface area (Å²) < 4.78 is 13.9. The summed E-state index contributed by atoms with van der Waals surface area (Å²) in [6.45, 7) is 1.87. The quantitative estimate of drug-likeness (QED) is 0.865. The second kappa shape index (κ2) is 4.06. The Bertz CT molecular complexity index is 546. The van der Waals surface area contributed by atoms with E-state index in [0.717, 1.165) is 10.4 Å². The maximum atomic E-state index is 13.9. The fourth-order valence-electron chi connectivity index (χ4n) is 1.52. The average Bonchev–Trinajstić information content (AvgIpc) is 2.64. The Hall–Kier alpha value is -1.68. The number of carboxylic acid groups (broad SMARTS) is 1. The van der Waals surface area contributed by atoms with Crippen LogP contribution in [0.25, 0.3) is 10.4 Å². The Morgan fingerprint density at radius 1 is 1.38 bits per heavy atom. The van der Waals surface area contributed by atoms with E-state index >= 15 is 0 Å². The van der Waals surface area contributed by atoms with E-state index in [4.69, 9.17) is 5.11 Å². The fraction of sp³-hybridized carbons (Fsp3) is 0.0833. The molecule has 82 valence electrons. The lowest BCUT2D eigenvalue weighted by Crippen LogP contribution is -2.01. The number of carbonyl (C=O) groups is 1. The van der Waals surface area contributed by atoms with Crippen molar-refractivity contribution in [3.05, 3.63) is 46.6 Å². The topological polar surface area (TPSA) is 37.3 Å². The van der Waals surface area contributed by atoms with Crippen molar-refractivity contribution in [3.8, 4) is 10.4 Å². The number of hydrogen-bond donors (Lipinski definition) is 1. The van der Waals surface area contributed by atoms with E-state index in [-0.39, 0.29) is 5.56 Å². The molecule has 0 aliphatic heterocycles. The zero-order valence-electron chi connectivity index (χ0n) is 8.53.